The molecule has 0 aliphatic carbocycles. The van der Waals surface area contributed by atoms with Gasteiger partial charge in [-0.15, -0.1) is 0 Å². The molecule has 0 bridgehead atoms. The van der Waals surface area contributed by atoms with Crippen LogP contribution in [0.4, 0.5) is 18.0 Å². The van der Waals surface area contributed by atoms with Gasteiger partial charge in [0.15, 0.2) is 5.41 Å². The Labute approximate surface area is 125 Å². The molecule has 1 saturated heterocycles. The van der Waals surface area contributed by atoms with Crippen LogP contribution in [0.5, 0.6) is 0 Å². The maximum Gasteiger partial charge on any atom is 0.406 e. The van der Waals surface area contributed by atoms with Gasteiger partial charge >= 0.3 is 18.2 Å². The van der Waals surface area contributed by atoms with Gasteiger partial charge in [0.2, 0.25) is 0 Å². The Balaban J connectivity index is 2.64. The first kappa shape index (κ1) is 17.9. The van der Waals surface area contributed by atoms with Crippen molar-refractivity contribution in [2.24, 2.45) is 11.3 Å². The van der Waals surface area contributed by atoms with E-state index in [9.17, 15) is 22.8 Å². The average Bonchev–Trinajstić information content (AvgIpc) is 2.82. The lowest BCUT2D eigenvalue weighted by atomic mass is 9.86. The number of carbonyl (C=O) groups excluding carboxylic acids is 1. The molecule has 21 heavy (non-hydrogen) atoms. The minimum absolute atomic E-state index is 0.193. The Morgan fingerprint density at radius 2 is 2.10 bits per heavy atom. The number of nitrogens with one attached hydrogen (secondary N) is 1. The Hall–Kier alpha value is -1.12. The monoisotopic (exact) mass is 328 g/mol. The Kier molecular flexibility index (Phi) is 5.77. The third-order valence-electron chi connectivity index (χ3n) is 3.56. The first-order chi connectivity index (χ1) is 9.64. The van der Waals surface area contributed by atoms with E-state index in [0.717, 1.165) is 10.7 Å². The van der Waals surface area contributed by atoms with Crippen LogP contribution in [0, 0.1) is 11.3 Å². The SMILES string of the molecule is CSCC(C)CNC(=O)N1CCC(C(=O)O)(C(F)(F)F)C1. The number of halogens is 3. The summed E-state index contributed by atoms with van der Waals surface area (Å²) in [5.41, 5.74) is -2.85. The third kappa shape index (κ3) is 3.96. The number of carboxylic acids is 1. The molecule has 0 aromatic carbocycles. The molecular formula is C12H19F3N2O3S. The highest BCUT2D eigenvalue weighted by atomic mass is 32.2. The molecule has 9 heteroatoms. The summed E-state index contributed by atoms with van der Waals surface area (Å²) in [6.45, 7) is 1.21. The molecule has 2 N–H and O–H groups in total. The fourth-order valence-corrected chi connectivity index (χ4v) is 2.91. The van der Waals surface area contributed by atoms with E-state index in [1.54, 1.807) is 11.8 Å². The second-order valence-corrected chi connectivity index (χ2v) is 6.21. The predicted octanol–water partition coefficient (Wildman–Crippen LogP) is 2.03. The summed E-state index contributed by atoms with van der Waals surface area (Å²) in [4.78, 5) is 23.8. The third-order valence-corrected chi connectivity index (χ3v) is 4.46. The van der Waals surface area contributed by atoms with E-state index < -0.39 is 36.6 Å². The van der Waals surface area contributed by atoms with Gasteiger partial charge in [0.1, 0.15) is 0 Å². The van der Waals surface area contributed by atoms with Crippen LogP contribution < -0.4 is 5.32 Å². The first-order valence-corrected chi connectivity index (χ1v) is 7.85. The van der Waals surface area contributed by atoms with Crippen molar-refractivity contribution in [2.45, 2.75) is 19.5 Å². The zero-order valence-corrected chi connectivity index (χ0v) is 12.7. The number of amides is 2. The molecular weight excluding hydrogens is 309 g/mol. The molecule has 1 rings (SSSR count). The maximum absolute atomic E-state index is 13.0. The molecule has 1 heterocycles. The number of hydrogen-bond donors (Lipinski definition) is 2. The lowest BCUT2D eigenvalue weighted by Crippen LogP contribution is -2.49. The lowest BCUT2D eigenvalue weighted by Gasteiger charge is -2.27. The summed E-state index contributed by atoms with van der Waals surface area (Å²) >= 11 is 1.61. The van der Waals surface area contributed by atoms with Crippen LogP contribution in [0.3, 0.4) is 0 Å². The summed E-state index contributed by atoms with van der Waals surface area (Å²) in [7, 11) is 0. The van der Waals surface area contributed by atoms with E-state index in [1.165, 1.54) is 0 Å². The second-order valence-electron chi connectivity index (χ2n) is 5.30. The summed E-state index contributed by atoms with van der Waals surface area (Å²) in [5, 5.41) is 11.5. The zero-order valence-electron chi connectivity index (χ0n) is 11.9. The summed E-state index contributed by atoms with van der Waals surface area (Å²) in [5.74, 6) is -0.915. The number of nitrogens with zero attached hydrogens (tertiary/aromatic N) is 1. The second kappa shape index (κ2) is 6.76. The average molecular weight is 328 g/mol. The Bertz CT molecular complexity index is 406. The van der Waals surface area contributed by atoms with Gasteiger partial charge in [-0.25, -0.2) is 4.79 Å². The van der Waals surface area contributed by atoms with E-state index in [-0.39, 0.29) is 12.5 Å². The maximum atomic E-state index is 13.0. The van der Waals surface area contributed by atoms with Crippen LogP contribution in [0.1, 0.15) is 13.3 Å². The van der Waals surface area contributed by atoms with Crippen molar-refractivity contribution >= 4 is 23.8 Å². The minimum Gasteiger partial charge on any atom is -0.481 e. The van der Waals surface area contributed by atoms with Gasteiger partial charge in [0.25, 0.3) is 0 Å². The normalized spacial score (nSPS) is 24.0. The fourth-order valence-electron chi connectivity index (χ4n) is 2.23. The molecule has 0 aromatic rings. The number of rotatable bonds is 5. The van der Waals surface area contributed by atoms with Crippen molar-refractivity contribution in [1.29, 1.82) is 0 Å². The molecule has 2 atom stereocenters. The number of alkyl halides is 3. The van der Waals surface area contributed by atoms with Crippen molar-refractivity contribution in [2.75, 3.05) is 31.6 Å². The fraction of sp³-hybridized carbons (Fsp3) is 0.833. The predicted molar refractivity (Wildman–Crippen MR) is 73.3 cm³/mol. The molecule has 2 unspecified atom stereocenters. The highest BCUT2D eigenvalue weighted by molar-refractivity contribution is 7.98. The van der Waals surface area contributed by atoms with Crippen LogP contribution in [-0.4, -0.2) is 59.8 Å². The standard InChI is InChI=1S/C12H19F3N2O3S/c1-8(6-21-2)5-16-10(20)17-4-3-11(7-17,9(18)19)12(13,14)15/h8H,3-7H2,1-2H3,(H,16,20)(H,18,19). The van der Waals surface area contributed by atoms with Crippen molar-refractivity contribution in [3.8, 4) is 0 Å². The smallest absolute Gasteiger partial charge is 0.406 e. The van der Waals surface area contributed by atoms with Gasteiger partial charge in [-0.1, -0.05) is 6.92 Å². The van der Waals surface area contributed by atoms with E-state index in [1.807, 2.05) is 13.2 Å². The van der Waals surface area contributed by atoms with Gasteiger partial charge in [0.05, 0.1) is 0 Å². The van der Waals surface area contributed by atoms with Crippen molar-refractivity contribution in [3.05, 3.63) is 0 Å². The molecule has 122 valence electrons. The molecule has 1 fully saturated rings. The molecule has 2 amide bonds. The van der Waals surface area contributed by atoms with Crippen molar-refractivity contribution < 1.29 is 27.9 Å². The van der Waals surface area contributed by atoms with Crippen LogP contribution >= 0.6 is 11.8 Å². The Morgan fingerprint density at radius 3 is 2.52 bits per heavy atom. The largest absolute Gasteiger partial charge is 0.481 e. The lowest BCUT2D eigenvalue weighted by molar-refractivity contribution is -0.226. The minimum atomic E-state index is -4.87. The van der Waals surface area contributed by atoms with Crippen LogP contribution in [0.25, 0.3) is 0 Å². The summed E-state index contributed by atoms with van der Waals surface area (Å²) in [6, 6.07) is -0.643. The van der Waals surface area contributed by atoms with Gasteiger partial charge < -0.3 is 15.3 Å². The van der Waals surface area contributed by atoms with Gasteiger partial charge in [-0.2, -0.15) is 24.9 Å². The topological polar surface area (TPSA) is 69.6 Å². The number of carboxylic acid groups (broad SMARTS) is 1. The molecule has 1 aliphatic heterocycles. The van der Waals surface area contributed by atoms with Crippen LogP contribution in [0.2, 0.25) is 0 Å². The first-order valence-electron chi connectivity index (χ1n) is 6.46. The molecule has 5 nitrogen and oxygen atoms in total. The zero-order chi connectivity index (χ0) is 16.3. The van der Waals surface area contributed by atoms with Gasteiger partial charge in [-0.3, -0.25) is 4.79 Å². The van der Waals surface area contributed by atoms with Gasteiger partial charge in [0, 0.05) is 19.6 Å². The van der Waals surface area contributed by atoms with E-state index in [2.05, 4.69) is 5.32 Å². The number of urea groups is 1. The molecule has 0 aromatic heterocycles. The quantitative estimate of drug-likeness (QED) is 0.810. The number of carbonyl (C=O) groups is 2. The van der Waals surface area contributed by atoms with Crippen molar-refractivity contribution in [1.82, 2.24) is 10.2 Å². The Morgan fingerprint density at radius 1 is 1.48 bits per heavy atom. The van der Waals surface area contributed by atoms with Crippen LogP contribution in [0.15, 0.2) is 0 Å². The molecule has 0 spiro atoms. The molecule has 0 saturated carbocycles. The number of thioether (sulfide) groups is 1. The summed E-state index contributed by atoms with van der Waals surface area (Å²) < 4.78 is 38.9. The van der Waals surface area contributed by atoms with Crippen LogP contribution in [-0.2, 0) is 4.79 Å². The molecule has 1 aliphatic rings. The highest BCUT2D eigenvalue weighted by Crippen LogP contribution is 2.45. The number of hydrogen-bond acceptors (Lipinski definition) is 3. The summed E-state index contributed by atoms with van der Waals surface area (Å²) in [6.07, 6.45) is -3.57. The van der Waals surface area contributed by atoms with E-state index >= 15 is 0 Å². The van der Waals surface area contributed by atoms with E-state index in [0.29, 0.717) is 6.54 Å². The van der Waals surface area contributed by atoms with Crippen molar-refractivity contribution in [3.63, 3.8) is 0 Å². The van der Waals surface area contributed by atoms with E-state index in [4.69, 9.17) is 5.11 Å². The number of aliphatic carboxylic acids is 1. The molecule has 0 radical (unpaired) electrons. The van der Waals surface area contributed by atoms with Gasteiger partial charge in [-0.05, 0) is 24.3 Å². The highest BCUT2D eigenvalue weighted by Gasteiger charge is 2.64. The number of likely N-dealkylation sites (tertiary alicyclic amines) is 1.